The second-order valence-corrected chi connectivity index (χ2v) is 6.05. The average Bonchev–Trinajstić information content (AvgIpc) is 2.69. The van der Waals surface area contributed by atoms with Crippen LogP contribution in [-0.2, 0) is 0 Å². The number of fused-ring (bicyclic) bond motifs is 1. The fourth-order valence-corrected chi connectivity index (χ4v) is 2.66. The van der Waals surface area contributed by atoms with Gasteiger partial charge < -0.3 is 14.4 Å². The van der Waals surface area contributed by atoms with Gasteiger partial charge in [-0.3, -0.25) is 5.32 Å². The largest absolute Gasteiger partial charge is 0.490 e. The van der Waals surface area contributed by atoms with E-state index in [0.29, 0.717) is 19.0 Å². The third kappa shape index (κ3) is 4.34. The van der Waals surface area contributed by atoms with Gasteiger partial charge >= 0.3 is 0 Å². The summed E-state index contributed by atoms with van der Waals surface area (Å²) in [6.45, 7) is 2.91. The quantitative estimate of drug-likeness (QED) is 0.880. The summed E-state index contributed by atoms with van der Waals surface area (Å²) in [6, 6.07) is 5.74. The Labute approximate surface area is 134 Å². The van der Waals surface area contributed by atoms with Gasteiger partial charge in [-0.15, -0.1) is 0 Å². The molecule has 0 aromatic heterocycles. The number of benzene rings is 1. The first-order chi connectivity index (χ1) is 10.1. The zero-order chi connectivity index (χ0) is 15.2. The minimum Gasteiger partial charge on any atom is -0.490 e. The van der Waals surface area contributed by atoms with Crippen molar-refractivity contribution in [1.29, 1.82) is 5.26 Å². The average molecular weight is 354 g/mol. The molecule has 6 heteroatoms. The summed E-state index contributed by atoms with van der Waals surface area (Å²) in [6.07, 6.45) is 0.860. The highest BCUT2D eigenvalue weighted by Crippen LogP contribution is 2.39. The van der Waals surface area contributed by atoms with Crippen molar-refractivity contribution in [3.05, 3.63) is 22.2 Å². The molecule has 5 nitrogen and oxygen atoms in total. The third-order valence-corrected chi connectivity index (χ3v) is 3.78. The molecule has 0 fully saturated rings. The molecular formula is C15H20BrN3O2. The number of likely N-dealkylation sites (N-methyl/N-ethyl adjacent to an activating group) is 1. The molecule has 1 heterocycles. The molecule has 0 saturated carbocycles. The molecule has 1 unspecified atom stereocenters. The molecule has 1 aliphatic rings. The van der Waals surface area contributed by atoms with Crippen molar-refractivity contribution in [2.75, 3.05) is 40.4 Å². The molecule has 0 saturated heterocycles. The van der Waals surface area contributed by atoms with Crippen LogP contribution in [0.3, 0.4) is 0 Å². The van der Waals surface area contributed by atoms with Gasteiger partial charge in [0.2, 0.25) is 0 Å². The Balaban J connectivity index is 2.16. The summed E-state index contributed by atoms with van der Waals surface area (Å²) in [7, 11) is 4.01. The van der Waals surface area contributed by atoms with E-state index in [-0.39, 0.29) is 6.04 Å². The molecule has 0 bridgehead atoms. The fourth-order valence-electron chi connectivity index (χ4n) is 2.09. The first kappa shape index (κ1) is 16.1. The first-order valence-corrected chi connectivity index (χ1v) is 7.78. The predicted molar refractivity (Wildman–Crippen MR) is 84.7 cm³/mol. The van der Waals surface area contributed by atoms with Crippen molar-refractivity contribution < 1.29 is 9.47 Å². The fraction of sp³-hybridized carbons (Fsp3) is 0.533. The minimum absolute atomic E-state index is 0.363. The van der Waals surface area contributed by atoms with Crippen LogP contribution in [0.25, 0.3) is 0 Å². The van der Waals surface area contributed by atoms with Gasteiger partial charge in [0, 0.05) is 19.5 Å². The summed E-state index contributed by atoms with van der Waals surface area (Å²) < 4.78 is 12.2. The van der Waals surface area contributed by atoms with Crippen LogP contribution in [0.2, 0.25) is 0 Å². The van der Waals surface area contributed by atoms with Gasteiger partial charge in [0.1, 0.15) is 6.04 Å². The van der Waals surface area contributed by atoms with E-state index in [4.69, 9.17) is 9.47 Å². The van der Waals surface area contributed by atoms with Gasteiger partial charge in [0.25, 0.3) is 0 Å². The summed E-state index contributed by atoms with van der Waals surface area (Å²) in [4.78, 5) is 2.07. The molecule has 2 rings (SSSR count). The standard InChI is InChI=1S/C15H20BrN3O2/c1-19(2)5-4-18-13(10-17)11-8-12(16)15-14(9-11)20-6-3-7-21-15/h8-9,13,18H,3-7H2,1-2H3. The summed E-state index contributed by atoms with van der Waals surface area (Å²) in [5, 5.41) is 12.6. The SMILES string of the molecule is CN(C)CCNC(C#N)c1cc(Br)c2c(c1)OCCCO2. The number of halogens is 1. The number of nitrogens with zero attached hydrogens (tertiary/aromatic N) is 2. The lowest BCUT2D eigenvalue weighted by Crippen LogP contribution is -2.29. The van der Waals surface area contributed by atoms with Gasteiger partial charge in [-0.05, 0) is 47.7 Å². The van der Waals surface area contributed by atoms with Crippen LogP contribution in [0.15, 0.2) is 16.6 Å². The van der Waals surface area contributed by atoms with Crippen LogP contribution < -0.4 is 14.8 Å². The molecule has 0 amide bonds. The zero-order valence-corrected chi connectivity index (χ0v) is 13.9. The Hall–Kier alpha value is -1.29. The molecule has 114 valence electrons. The van der Waals surface area contributed by atoms with Crippen molar-refractivity contribution in [3.8, 4) is 17.6 Å². The molecule has 1 N–H and O–H groups in total. The van der Waals surface area contributed by atoms with Gasteiger partial charge in [-0.1, -0.05) is 0 Å². The van der Waals surface area contributed by atoms with Crippen molar-refractivity contribution >= 4 is 15.9 Å². The Morgan fingerprint density at radius 3 is 2.86 bits per heavy atom. The third-order valence-electron chi connectivity index (χ3n) is 3.19. The zero-order valence-electron chi connectivity index (χ0n) is 12.4. The molecule has 0 spiro atoms. The van der Waals surface area contributed by atoms with E-state index >= 15 is 0 Å². The second kappa shape index (κ2) is 7.64. The van der Waals surface area contributed by atoms with Gasteiger partial charge in [0.15, 0.2) is 11.5 Å². The van der Waals surface area contributed by atoms with Crippen LogP contribution >= 0.6 is 15.9 Å². The summed E-state index contributed by atoms with van der Waals surface area (Å²) in [5.41, 5.74) is 0.882. The maximum atomic E-state index is 9.38. The van der Waals surface area contributed by atoms with Crippen LogP contribution in [0, 0.1) is 11.3 Å². The Morgan fingerprint density at radius 1 is 1.38 bits per heavy atom. The minimum atomic E-state index is -0.363. The predicted octanol–water partition coefficient (Wildman–Crippen LogP) is 2.33. The van der Waals surface area contributed by atoms with E-state index < -0.39 is 0 Å². The highest BCUT2D eigenvalue weighted by Gasteiger charge is 2.19. The maximum absolute atomic E-state index is 9.38. The van der Waals surface area contributed by atoms with Crippen LogP contribution in [0.4, 0.5) is 0 Å². The number of rotatable bonds is 5. The van der Waals surface area contributed by atoms with Crippen LogP contribution in [0.5, 0.6) is 11.5 Å². The summed E-state index contributed by atoms with van der Waals surface area (Å²) >= 11 is 3.51. The molecule has 1 aliphatic heterocycles. The van der Waals surface area contributed by atoms with E-state index in [2.05, 4.69) is 32.2 Å². The normalized spacial score (nSPS) is 15.4. The number of nitriles is 1. The molecule has 1 aromatic rings. The number of ether oxygens (including phenoxy) is 2. The van der Waals surface area contributed by atoms with Gasteiger partial charge in [0.05, 0.1) is 23.8 Å². The smallest absolute Gasteiger partial charge is 0.175 e. The molecule has 0 aliphatic carbocycles. The Kier molecular flexibility index (Phi) is 5.85. The van der Waals surface area contributed by atoms with Crippen LogP contribution in [-0.4, -0.2) is 45.3 Å². The van der Waals surface area contributed by atoms with Crippen molar-refractivity contribution in [2.45, 2.75) is 12.5 Å². The lowest BCUT2D eigenvalue weighted by atomic mass is 10.1. The highest BCUT2D eigenvalue weighted by molar-refractivity contribution is 9.10. The van der Waals surface area contributed by atoms with Crippen molar-refractivity contribution in [1.82, 2.24) is 10.2 Å². The first-order valence-electron chi connectivity index (χ1n) is 6.98. The molecule has 1 aromatic carbocycles. The maximum Gasteiger partial charge on any atom is 0.175 e. The van der Waals surface area contributed by atoms with Gasteiger partial charge in [-0.25, -0.2) is 0 Å². The number of hydrogen-bond donors (Lipinski definition) is 1. The van der Waals surface area contributed by atoms with E-state index in [1.165, 1.54) is 0 Å². The lowest BCUT2D eigenvalue weighted by Gasteiger charge is -2.17. The molecular weight excluding hydrogens is 334 g/mol. The van der Waals surface area contributed by atoms with Crippen molar-refractivity contribution in [2.24, 2.45) is 0 Å². The Bertz CT molecular complexity index is 528. The molecule has 0 radical (unpaired) electrons. The topological polar surface area (TPSA) is 57.5 Å². The van der Waals surface area contributed by atoms with E-state index in [1.807, 2.05) is 26.2 Å². The number of nitrogens with one attached hydrogen (secondary N) is 1. The number of hydrogen-bond acceptors (Lipinski definition) is 5. The van der Waals surface area contributed by atoms with Crippen LogP contribution in [0.1, 0.15) is 18.0 Å². The molecule has 21 heavy (non-hydrogen) atoms. The highest BCUT2D eigenvalue weighted by atomic mass is 79.9. The van der Waals surface area contributed by atoms with Gasteiger partial charge in [-0.2, -0.15) is 5.26 Å². The van der Waals surface area contributed by atoms with E-state index in [0.717, 1.165) is 35.3 Å². The summed E-state index contributed by atoms with van der Waals surface area (Å²) in [5.74, 6) is 1.42. The molecule has 1 atom stereocenters. The second-order valence-electron chi connectivity index (χ2n) is 5.20. The lowest BCUT2D eigenvalue weighted by molar-refractivity contribution is 0.296. The van der Waals surface area contributed by atoms with E-state index in [1.54, 1.807) is 0 Å². The Morgan fingerprint density at radius 2 is 2.14 bits per heavy atom. The monoisotopic (exact) mass is 353 g/mol. The van der Waals surface area contributed by atoms with Crippen molar-refractivity contribution in [3.63, 3.8) is 0 Å². The van der Waals surface area contributed by atoms with E-state index in [9.17, 15) is 5.26 Å².